The lowest BCUT2D eigenvalue weighted by Crippen LogP contribution is -2.30. The summed E-state index contributed by atoms with van der Waals surface area (Å²) in [6, 6.07) is 7.05. The van der Waals surface area contributed by atoms with Gasteiger partial charge in [-0.2, -0.15) is 0 Å². The van der Waals surface area contributed by atoms with Crippen LogP contribution >= 0.6 is 0 Å². The number of benzene rings is 1. The Kier molecular flexibility index (Phi) is 9.73. The first-order valence-electron chi connectivity index (χ1n) is 10.8. The minimum absolute atomic E-state index is 0.149. The van der Waals surface area contributed by atoms with Gasteiger partial charge in [0, 0.05) is 13.0 Å². The zero-order valence-corrected chi connectivity index (χ0v) is 16.8. The van der Waals surface area contributed by atoms with Crippen LogP contribution in [0.15, 0.2) is 24.3 Å². The Hall–Kier alpha value is -2.17. The van der Waals surface area contributed by atoms with Crippen LogP contribution in [-0.2, 0) is 4.79 Å². The van der Waals surface area contributed by atoms with Gasteiger partial charge >= 0.3 is 5.97 Å². The molecule has 1 N–H and O–H groups in total. The monoisotopic (exact) mass is 387 g/mol. The van der Waals surface area contributed by atoms with E-state index in [2.05, 4.69) is 0 Å². The third kappa shape index (κ3) is 7.10. The lowest BCUT2D eigenvalue weighted by Gasteiger charge is -2.13. The highest BCUT2D eigenvalue weighted by atomic mass is 16.4. The molecular formula is C23H33NO4. The molecule has 0 aromatic heterocycles. The minimum atomic E-state index is -0.691. The van der Waals surface area contributed by atoms with Crippen LogP contribution in [-0.4, -0.2) is 34.3 Å². The second-order valence-corrected chi connectivity index (χ2v) is 7.69. The molecule has 28 heavy (non-hydrogen) atoms. The van der Waals surface area contributed by atoms with Gasteiger partial charge in [0.05, 0.1) is 11.1 Å². The third-order valence-electron chi connectivity index (χ3n) is 5.40. The molecule has 0 radical (unpaired) electrons. The molecule has 1 heterocycles. The molecular weight excluding hydrogens is 354 g/mol. The first kappa shape index (κ1) is 22.1. The van der Waals surface area contributed by atoms with Crippen LogP contribution in [0, 0.1) is 0 Å². The lowest BCUT2D eigenvalue weighted by atomic mass is 10.0. The molecule has 1 aliphatic rings. The highest BCUT2D eigenvalue weighted by Crippen LogP contribution is 2.23. The fourth-order valence-electron chi connectivity index (χ4n) is 3.76. The summed E-state index contributed by atoms with van der Waals surface area (Å²) in [4.78, 5) is 36.3. The normalized spacial score (nSPS) is 13.2. The number of unbranched alkanes of at least 4 members (excludes halogenated alkanes) is 11. The predicted octanol–water partition coefficient (Wildman–Crippen LogP) is 5.44. The molecule has 0 saturated heterocycles. The maximum Gasteiger partial charge on any atom is 0.303 e. The molecule has 0 bridgehead atoms. The van der Waals surface area contributed by atoms with Gasteiger partial charge in [0.2, 0.25) is 0 Å². The van der Waals surface area contributed by atoms with Gasteiger partial charge in [-0.25, -0.2) is 0 Å². The Balaban J connectivity index is 1.41. The summed E-state index contributed by atoms with van der Waals surface area (Å²) in [5.74, 6) is -0.990. The largest absolute Gasteiger partial charge is 0.481 e. The summed E-state index contributed by atoms with van der Waals surface area (Å²) in [6.45, 7) is 0.522. The number of hydrogen-bond acceptors (Lipinski definition) is 3. The number of carboxylic acids is 1. The molecule has 1 aliphatic heterocycles. The van der Waals surface area contributed by atoms with Crippen molar-refractivity contribution in [2.75, 3.05) is 6.54 Å². The average molecular weight is 388 g/mol. The van der Waals surface area contributed by atoms with Gasteiger partial charge in [0.25, 0.3) is 11.8 Å². The van der Waals surface area contributed by atoms with Crippen LogP contribution in [0.2, 0.25) is 0 Å². The van der Waals surface area contributed by atoms with E-state index in [1.54, 1.807) is 24.3 Å². The Bertz CT molecular complexity index is 621. The van der Waals surface area contributed by atoms with Crippen molar-refractivity contribution in [1.29, 1.82) is 0 Å². The van der Waals surface area contributed by atoms with E-state index in [-0.39, 0.29) is 11.8 Å². The number of carboxylic acid groups (broad SMARTS) is 1. The summed E-state index contributed by atoms with van der Waals surface area (Å²) >= 11 is 0. The molecule has 2 amide bonds. The number of carbonyl (C=O) groups is 3. The SMILES string of the molecule is O=C(O)CCCCCCCCCCCCCCN1C(=O)c2ccccc2C1=O. The van der Waals surface area contributed by atoms with E-state index in [1.165, 1.54) is 43.4 Å². The van der Waals surface area contributed by atoms with Crippen LogP contribution in [0.1, 0.15) is 104 Å². The average Bonchev–Trinajstić information content (AvgIpc) is 2.93. The van der Waals surface area contributed by atoms with E-state index in [1.807, 2.05) is 0 Å². The Morgan fingerprint density at radius 1 is 0.679 bits per heavy atom. The number of hydrogen-bond donors (Lipinski definition) is 1. The fourth-order valence-corrected chi connectivity index (χ4v) is 3.76. The van der Waals surface area contributed by atoms with Crippen molar-refractivity contribution < 1.29 is 19.5 Å². The van der Waals surface area contributed by atoms with Gasteiger partial charge in [-0.15, -0.1) is 0 Å². The van der Waals surface area contributed by atoms with Gasteiger partial charge in [-0.3, -0.25) is 19.3 Å². The maximum atomic E-state index is 12.3. The molecule has 1 aromatic rings. The lowest BCUT2D eigenvalue weighted by molar-refractivity contribution is -0.137. The van der Waals surface area contributed by atoms with E-state index in [9.17, 15) is 14.4 Å². The molecule has 0 atom stereocenters. The number of fused-ring (bicyclic) bond motifs is 1. The zero-order valence-electron chi connectivity index (χ0n) is 16.8. The van der Waals surface area contributed by atoms with Gasteiger partial charge < -0.3 is 5.11 Å². The number of rotatable bonds is 15. The van der Waals surface area contributed by atoms with Gasteiger partial charge in [-0.1, -0.05) is 76.3 Å². The summed E-state index contributed by atoms with van der Waals surface area (Å²) < 4.78 is 0. The zero-order chi connectivity index (χ0) is 20.2. The summed E-state index contributed by atoms with van der Waals surface area (Å²) in [7, 11) is 0. The topological polar surface area (TPSA) is 74.7 Å². The third-order valence-corrected chi connectivity index (χ3v) is 5.40. The number of aliphatic carboxylic acids is 1. The van der Waals surface area contributed by atoms with Crippen LogP contribution in [0.4, 0.5) is 0 Å². The summed E-state index contributed by atoms with van der Waals surface area (Å²) in [5.41, 5.74) is 1.07. The molecule has 2 rings (SSSR count). The molecule has 0 fully saturated rings. The predicted molar refractivity (Wildman–Crippen MR) is 109 cm³/mol. The van der Waals surface area contributed by atoms with Crippen LogP contribution in [0.5, 0.6) is 0 Å². The second-order valence-electron chi connectivity index (χ2n) is 7.69. The maximum absolute atomic E-state index is 12.3. The molecule has 1 aromatic carbocycles. The Morgan fingerprint density at radius 3 is 1.50 bits per heavy atom. The molecule has 5 heteroatoms. The van der Waals surface area contributed by atoms with E-state index in [4.69, 9.17) is 5.11 Å². The van der Waals surface area contributed by atoms with Crippen molar-refractivity contribution in [2.45, 2.75) is 83.5 Å². The molecule has 154 valence electrons. The highest BCUT2D eigenvalue weighted by Gasteiger charge is 2.34. The number of amides is 2. The van der Waals surface area contributed by atoms with Gasteiger partial charge in [0.1, 0.15) is 0 Å². The summed E-state index contributed by atoms with van der Waals surface area (Å²) in [5, 5.41) is 8.57. The van der Waals surface area contributed by atoms with Crippen LogP contribution in [0.25, 0.3) is 0 Å². The molecule has 0 saturated carbocycles. The minimum Gasteiger partial charge on any atom is -0.481 e. The Labute approximate surface area is 168 Å². The van der Waals surface area contributed by atoms with Crippen LogP contribution < -0.4 is 0 Å². The first-order valence-corrected chi connectivity index (χ1v) is 10.8. The standard InChI is InChI=1S/C23H33NO4/c25-21(26)17-11-9-7-5-3-1-2-4-6-8-10-14-18-24-22(27)19-15-12-13-16-20(19)23(24)28/h12-13,15-16H,1-11,14,17-18H2,(H,25,26). The van der Waals surface area contributed by atoms with E-state index in [0.717, 1.165) is 38.5 Å². The van der Waals surface area contributed by atoms with Crippen molar-refractivity contribution in [3.05, 3.63) is 35.4 Å². The van der Waals surface area contributed by atoms with Crippen molar-refractivity contribution in [3.8, 4) is 0 Å². The molecule has 0 spiro atoms. The smallest absolute Gasteiger partial charge is 0.303 e. The van der Waals surface area contributed by atoms with Crippen molar-refractivity contribution >= 4 is 17.8 Å². The van der Waals surface area contributed by atoms with E-state index < -0.39 is 5.97 Å². The first-order chi connectivity index (χ1) is 13.6. The van der Waals surface area contributed by atoms with Crippen molar-refractivity contribution in [3.63, 3.8) is 0 Å². The highest BCUT2D eigenvalue weighted by molar-refractivity contribution is 6.21. The van der Waals surface area contributed by atoms with Gasteiger partial charge in [0.15, 0.2) is 0 Å². The quantitative estimate of drug-likeness (QED) is 0.321. The molecule has 0 aliphatic carbocycles. The van der Waals surface area contributed by atoms with Crippen molar-refractivity contribution in [2.24, 2.45) is 0 Å². The van der Waals surface area contributed by atoms with E-state index in [0.29, 0.717) is 24.1 Å². The van der Waals surface area contributed by atoms with Gasteiger partial charge in [-0.05, 0) is 25.0 Å². The number of imide groups is 1. The Morgan fingerprint density at radius 2 is 1.07 bits per heavy atom. The molecule has 5 nitrogen and oxygen atoms in total. The number of carbonyl (C=O) groups excluding carboxylic acids is 2. The van der Waals surface area contributed by atoms with Crippen molar-refractivity contribution in [1.82, 2.24) is 4.90 Å². The second kappa shape index (κ2) is 12.3. The summed E-state index contributed by atoms with van der Waals surface area (Å²) in [6.07, 6.45) is 13.8. The molecule has 0 unspecified atom stereocenters. The number of nitrogens with zero attached hydrogens (tertiary/aromatic N) is 1. The fraction of sp³-hybridized carbons (Fsp3) is 0.609. The van der Waals surface area contributed by atoms with E-state index >= 15 is 0 Å². The van der Waals surface area contributed by atoms with Crippen LogP contribution in [0.3, 0.4) is 0 Å².